The molecule has 2 heterocycles. The first-order valence-corrected chi connectivity index (χ1v) is 12.6. The molecule has 4 rings (SSSR count). The molecule has 9 heteroatoms. The van der Waals surface area contributed by atoms with Gasteiger partial charge in [-0.25, -0.2) is 13.4 Å². The van der Waals surface area contributed by atoms with Crippen molar-refractivity contribution in [1.82, 2.24) is 9.97 Å². The predicted molar refractivity (Wildman–Crippen MR) is 130 cm³/mol. The Balaban J connectivity index is 1.72. The highest BCUT2D eigenvalue weighted by Crippen LogP contribution is 2.33. The predicted octanol–water partition coefficient (Wildman–Crippen LogP) is 4.73. The second kappa shape index (κ2) is 9.29. The fraction of sp³-hybridized carbons (Fsp3) is 0.208. The molecule has 0 N–H and O–H groups in total. The summed E-state index contributed by atoms with van der Waals surface area (Å²) in [7, 11) is -1.83. The molecule has 0 fully saturated rings. The van der Waals surface area contributed by atoms with Gasteiger partial charge in [0.25, 0.3) is 5.91 Å². The summed E-state index contributed by atoms with van der Waals surface area (Å²) in [6, 6.07) is 15.3. The average molecular weight is 482 g/mol. The molecule has 0 spiro atoms. The van der Waals surface area contributed by atoms with E-state index in [-0.39, 0.29) is 17.3 Å². The van der Waals surface area contributed by atoms with Crippen LogP contribution >= 0.6 is 11.3 Å². The summed E-state index contributed by atoms with van der Waals surface area (Å²) in [5, 5.41) is -0.00754. The highest BCUT2D eigenvalue weighted by molar-refractivity contribution is 7.92. The molecule has 170 valence electrons. The molecule has 0 saturated heterocycles. The van der Waals surface area contributed by atoms with Gasteiger partial charge in [-0.3, -0.25) is 14.7 Å². The number of sulfone groups is 1. The van der Waals surface area contributed by atoms with E-state index in [4.69, 9.17) is 4.74 Å². The zero-order valence-corrected chi connectivity index (χ0v) is 20.1. The van der Waals surface area contributed by atoms with Crippen LogP contribution in [0.25, 0.3) is 10.2 Å². The third-order valence-corrected chi connectivity index (χ3v) is 8.40. The molecule has 1 amide bonds. The van der Waals surface area contributed by atoms with Gasteiger partial charge < -0.3 is 4.74 Å². The number of hydrogen-bond acceptors (Lipinski definition) is 7. The van der Waals surface area contributed by atoms with Gasteiger partial charge in [0.15, 0.2) is 15.0 Å². The van der Waals surface area contributed by atoms with Gasteiger partial charge in [0, 0.05) is 24.0 Å². The lowest BCUT2D eigenvalue weighted by molar-refractivity contribution is 0.0985. The van der Waals surface area contributed by atoms with E-state index in [0.717, 1.165) is 15.8 Å². The molecule has 0 bridgehead atoms. The van der Waals surface area contributed by atoms with Crippen LogP contribution in [0.5, 0.6) is 5.75 Å². The van der Waals surface area contributed by atoms with Gasteiger partial charge >= 0.3 is 0 Å². The summed E-state index contributed by atoms with van der Waals surface area (Å²) >= 11 is 1.40. The standard InChI is InChI=1S/C24H23N3O4S2/c1-16(2)33(29,30)20-9-6-18(7-10-20)23(28)27(15-17-5-4-12-25-14-17)24-26-21-13-19(31-3)8-11-22(21)32-24/h4-14,16H,15H2,1-3H3. The Morgan fingerprint density at radius 2 is 1.88 bits per heavy atom. The van der Waals surface area contributed by atoms with Crippen LogP contribution in [0.1, 0.15) is 29.8 Å². The molecule has 2 aromatic carbocycles. The fourth-order valence-electron chi connectivity index (χ4n) is 3.25. The van der Waals surface area contributed by atoms with E-state index in [2.05, 4.69) is 9.97 Å². The molecule has 0 atom stereocenters. The summed E-state index contributed by atoms with van der Waals surface area (Å²) in [4.78, 5) is 24.1. The van der Waals surface area contributed by atoms with Crippen LogP contribution in [0.2, 0.25) is 0 Å². The highest BCUT2D eigenvalue weighted by atomic mass is 32.2. The van der Waals surface area contributed by atoms with Crippen LogP contribution in [0, 0.1) is 0 Å². The van der Waals surface area contributed by atoms with Crippen LogP contribution in [0.4, 0.5) is 5.13 Å². The van der Waals surface area contributed by atoms with Crippen LogP contribution in [0.15, 0.2) is 71.9 Å². The Hall–Kier alpha value is -3.30. The minimum Gasteiger partial charge on any atom is -0.497 e. The minimum absolute atomic E-state index is 0.194. The third-order valence-electron chi connectivity index (χ3n) is 5.17. The van der Waals surface area contributed by atoms with E-state index >= 15 is 0 Å². The Morgan fingerprint density at radius 3 is 2.52 bits per heavy atom. The van der Waals surface area contributed by atoms with Gasteiger partial charge in [-0.05, 0) is 61.9 Å². The molecule has 4 aromatic rings. The van der Waals surface area contributed by atoms with Gasteiger partial charge in [-0.1, -0.05) is 17.4 Å². The van der Waals surface area contributed by atoms with Crippen molar-refractivity contribution in [3.8, 4) is 5.75 Å². The summed E-state index contributed by atoms with van der Waals surface area (Å²) < 4.78 is 31.1. The van der Waals surface area contributed by atoms with Gasteiger partial charge in [0.1, 0.15) is 5.75 Å². The molecule has 7 nitrogen and oxygen atoms in total. The summed E-state index contributed by atoms with van der Waals surface area (Å²) in [6.07, 6.45) is 3.38. The van der Waals surface area contributed by atoms with Crippen molar-refractivity contribution in [2.75, 3.05) is 12.0 Å². The minimum atomic E-state index is -3.42. The summed E-state index contributed by atoms with van der Waals surface area (Å²) in [6.45, 7) is 3.54. The molecule has 0 aliphatic heterocycles. The quantitative estimate of drug-likeness (QED) is 0.379. The van der Waals surface area contributed by atoms with Crippen LogP contribution in [0.3, 0.4) is 0 Å². The number of aromatic nitrogens is 2. The normalized spacial score (nSPS) is 11.6. The lowest BCUT2D eigenvalue weighted by Crippen LogP contribution is -2.30. The van der Waals surface area contributed by atoms with Crippen molar-refractivity contribution < 1.29 is 17.9 Å². The number of hydrogen-bond donors (Lipinski definition) is 0. The highest BCUT2D eigenvalue weighted by Gasteiger charge is 2.24. The lowest BCUT2D eigenvalue weighted by atomic mass is 10.2. The lowest BCUT2D eigenvalue weighted by Gasteiger charge is -2.20. The van der Waals surface area contributed by atoms with Crippen LogP contribution < -0.4 is 9.64 Å². The second-order valence-corrected chi connectivity index (χ2v) is 11.2. The van der Waals surface area contributed by atoms with Crippen molar-refractivity contribution in [2.45, 2.75) is 30.5 Å². The SMILES string of the molecule is COc1ccc2sc(N(Cc3cccnc3)C(=O)c3ccc(S(=O)(=O)C(C)C)cc3)nc2c1. The van der Waals surface area contributed by atoms with E-state index in [1.54, 1.807) is 50.4 Å². The van der Waals surface area contributed by atoms with E-state index in [0.29, 0.717) is 16.4 Å². The first-order chi connectivity index (χ1) is 15.8. The number of benzene rings is 2. The van der Waals surface area contributed by atoms with Crippen molar-refractivity contribution in [2.24, 2.45) is 0 Å². The Bertz CT molecular complexity index is 1380. The molecule has 33 heavy (non-hydrogen) atoms. The number of ether oxygens (including phenoxy) is 1. The van der Waals surface area contributed by atoms with Crippen LogP contribution in [-0.2, 0) is 16.4 Å². The van der Waals surface area contributed by atoms with Crippen molar-refractivity contribution in [1.29, 1.82) is 0 Å². The van der Waals surface area contributed by atoms with Gasteiger partial charge in [-0.15, -0.1) is 0 Å². The first kappa shape index (κ1) is 22.9. The maximum atomic E-state index is 13.5. The van der Waals surface area contributed by atoms with Crippen molar-refractivity contribution >= 4 is 42.4 Å². The number of carbonyl (C=O) groups excluding carboxylic acids is 1. The molecule has 2 aromatic heterocycles. The fourth-order valence-corrected chi connectivity index (χ4v) is 5.26. The average Bonchev–Trinajstić information content (AvgIpc) is 3.25. The molecule has 0 radical (unpaired) electrons. The third kappa shape index (κ3) is 4.74. The van der Waals surface area contributed by atoms with E-state index in [9.17, 15) is 13.2 Å². The number of fused-ring (bicyclic) bond motifs is 1. The van der Waals surface area contributed by atoms with Gasteiger partial charge in [0.2, 0.25) is 0 Å². The number of rotatable bonds is 7. The molecule has 0 aliphatic rings. The van der Waals surface area contributed by atoms with E-state index in [1.807, 2.05) is 30.3 Å². The monoisotopic (exact) mass is 481 g/mol. The summed E-state index contributed by atoms with van der Waals surface area (Å²) in [5.74, 6) is 0.407. The second-order valence-electron chi connectivity index (χ2n) is 7.70. The maximum absolute atomic E-state index is 13.5. The molecule has 0 aliphatic carbocycles. The summed E-state index contributed by atoms with van der Waals surface area (Å²) in [5.41, 5.74) is 1.96. The Labute approximate surface area is 196 Å². The number of thiazole rings is 1. The maximum Gasteiger partial charge on any atom is 0.260 e. The zero-order valence-electron chi connectivity index (χ0n) is 18.4. The molecule has 0 unspecified atom stereocenters. The number of pyridine rings is 1. The van der Waals surface area contributed by atoms with Crippen molar-refractivity contribution in [3.05, 3.63) is 78.1 Å². The molecule has 0 saturated carbocycles. The number of nitrogens with zero attached hydrogens (tertiary/aromatic N) is 3. The van der Waals surface area contributed by atoms with Crippen LogP contribution in [-0.4, -0.2) is 36.7 Å². The van der Waals surface area contributed by atoms with Gasteiger partial charge in [0.05, 0.1) is 34.0 Å². The number of amides is 1. The number of carbonyl (C=O) groups is 1. The largest absolute Gasteiger partial charge is 0.497 e. The Kier molecular flexibility index (Phi) is 6.44. The first-order valence-electron chi connectivity index (χ1n) is 10.3. The van der Waals surface area contributed by atoms with Gasteiger partial charge in [-0.2, -0.15) is 0 Å². The van der Waals surface area contributed by atoms with E-state index in [1.165, 1.54) is 23.5 Å². The number of anilines is 1. The molecular formula is C24H23N3O4S2. The van der Waals surface area contributed by atoms with Crippen molar-refractivity contribution in [3.63, 3.8) is 0 Å². The zero-order chi connectivity index (χ0) is 23.6. The Morgan fingerprint density at radius 1 is 1.12 bits per heavy atom. The topological polar surface area (TPSA) is 89.5 Å². The smallest absolute Gasteiger partial charge is 0.260 e. The number of methoxy groups -OCH3 is 1. The van der Waals surface area contributed by atoms with E-state index < -0.39 is 15.1 Å². The molecular weight excluding hydrogens is 458 g/mol.